The lowest BCUT2D eigenvalue weighted by molar-refractivity contribution is -0.142. The van der Waals surface area contributed by atoms with E-state index in [2.05, 4.69) is 20.1 Å². The minimum atomic E-state index is -4.34. The first kappa shape index (κ1) is 16.7. The highest BCUT2D eigenvalue weighted by molar-refractivity contribution is 5.87. The normalized spacial score (nSPS) is 15.6. The number of morpholine rings is 1. The van der Waals surface area contributed by atoms with Gasteiger partial charge in [0.25, 0.3) is 0 Å². The molecule has 1 aliphatic rings. The van der Waals surface area contributed by atoms with E-state index in [9.17, 15) is 13.2 Å². The Morgan fingerprint density at radius 2 is 1.92 bits per heavy atom. The second kappa shape index (κ2) is 6.52. The van der Waals surface area contributed by atoms with Crippen LogP contribution in [-0.4, -0.2) is 57.2 Å². The number of nitrogens with zero attached hydrogens (tertiary/aromatic N) is 6. The van der Waals surface area contributed by atoms with Crippen molar-refractivity contribution in [3.05, 3.63) is 30.6 Å². The smallest absolute Gasteiger partial charge is 0.378 e. The highest BCUT2D eigenvalue weighted by Crippen LogP contribution is 2.26. The van der Waals surface area contributed by atoms with Crippen molar-refractivity contribution in [2.75, 3.05) is 31.2 Å². The number of aromatic nitrogens is 5. The standard InChI is InChI=1S/C16H15F3N6O/c17-16(18,19)10-25-5-3-12(23-25)14-21-11-2-1-4-20-13(11)15(22-14)24-6-8-26-9-7-24/h1-5H,6-10H2. The zero-order valence-corrected chi connectivity index (χ0v) is 13.6. The second-order valence-electron chi connectivity index (χ2n) is 5.86. The van der Waals surface area contributed by atoms with E-state index in [0.29, 0.717) is 43.2 Å². The van der Waals surface area contributed by atoms with E-state index >= 15 is 0 Å². The van der Waals surface area contributed by atoms with E-state index in [-0.39, 0.29) is 11.5 Å². The van der Waals surface area contributed by atoms with Gasteiger partial charge >= 0.3 is 6.18 Å². The van der Waals surface area contributed by atoms with E-state index in [1.165, 1.54) is 12.3 Å². The molecule has 10 heteroatoms. The molecule has 7 nitrogen and oxygen atoms in total. The SMILES string of the molecule is FC(F)(F)Cn1ccc(-c2nc(N3CCOCC3)c3ncccc3n2)n1. The van der Waals surface area contributed by atoms with Gasteiger partial charge < -0.3 is 9.64 Å². The molecule has 0 N–H and O–H groups in total. The lowest BCUT2D eigenvalue weighted by atomic mass is 10.3. The van der Waals surface area contributed by atoms with Crippen LogP contribution in [0.3, 0.4) is 0 Å². The summed E-state index contributed by atoms with van der Waals surface area (Å²) < 4.78 is 43.9. The summed E-state index contributed by atoms with van der Waals surface area (Å²) in [5, 5.41) is 3.97. The first-order valence-electron chi connectivity index (χ1n) is 8.06. The Morgan fingerprint density at radius 3 is 2.69 bits per heavy atom. The van der Waals surface area contributed by atoms with Crippen LogP contribution in [0.15, 0.2) is 30.6 Å². The number of hydrogen-bond acceptors (Lipinski definition) is 6. The van der Waals surface area contributed by atoms with Crippen molar-refractivity contribution in [2.24, 2.45) is 0 Å². The van der Waals surface area contributed by atoms with Gasteiger partial charge in [-0.25, -0.2) is 9.97 Å². The molecule has 0 bridgehead atoms. The molecule has 3 aromatic heterocycles. The Labute approximate surface area is 146 Å². The fourth-order valence-electron chi connectivity index (χ4n) is 2.81. The summed E-state index contributed by atoms with van der Waals surface area (Å²) in [5.41, 5.74) is 1.55. The van der Waals surface area contributed by atoms with Crippen molar-refractivity contribution in [3.8, 4) is 11.5 Å². The van der Waals surface area contributed by atoms with Gasteiger partial charge in [-0.05, 0) is 18.2 Å². The maximum absolute atomic E-state index is 12.5. The van der Waals surface area contributed by atoms with E-state index in [1.807, 2.05) is 4.90 Å². The van der Waals surface area contributed by atoms with Crippen LogP contribution in [0.25, 0.3) is 22.6 Å². The summed E-state index contributed by atoms with van der Waals surface area (Å²) in [6.45, 7) is 1.31. The van der Waals surface area contributed by atoms with Crippen molar-refractivity contribution in [2.45, 2.75) is 12.7 Å². The zero-order chi connectivity index (χ0) is 18.1. The number of anilines is 1. The maximum atomic E-state index is 12.5. The van der Waals surface area contributed by atoms with Crippen molar-refractivity contribution in [1.82, 2.24) is 24.7 Å². The van der Waals surface area contributed by atoms with Gasteiger partial charge in [0, 0.05) is 25.5 Å². The maximum Gasteiger partial charge on any atom is 0.408 e. The predicted molar refractivity (Wildman–Crippen MR) is 87.6 cm³/mol. The molecule has 0 spiro atoms. The third kappa shape index (κ3) is 3.45. The lowest BCUT2D eigenvalue weighted by Gasteiger charge is -2.28. The summed E-state index contributed by atoms with van der Waals surface area (Å²) in [6.07, 6.45) is -1.40. The van der Waals surface area contributed by atoms with E-state index < -0.39 is 12.7 Å². The molecule has 1 fully saturated rings. The predicted octanol–water partition coefficient (Wildman–Crippen LogP) is 2.29. The van der Waals surface area contributed by atoms with Crippen molar-refractivity contribution >= 4 is 16.9 Å². The first-order valence-corrected chi connectivity index (χ1v) is 8.06. The summed E-state index contributed by atoms with van der Waals surface area (Å²) in [5.74, 6) is 0.909. The van der Waals surface area contributed by atoms with Gasteiger partial charge in [-0.2, -0.15) is 18.3 Å². The lowest BCUT2D eigenvalue weighted by Crippen LogP contribution is -2.37. The van der Waals surface area contributed by atoms with E-state index in [0.717, 1.165) is 4.68 Å². The minimum absolute atomic E-state index is 0.271. The number of hydrogen-bond donors (Lipinski definition) is 0. The molecule has 0 aliphatic carbocycles. The minimum Gasteiger partial charge on any atom is -0.378 e. The Balaban J connectivity index is 1.76. The molecule has 0 atom stereocenters. The molecule has 0 saturated carbocycles. The summed E-state index contributed by atoms with van der Waals surface area (Å²) >= 11 is 0. The molecule has 0 aromatic carbocycles. The average Bonchev–Trinajstić information content (AvgIpc) is 3.08. The molecule has 3 aromatic rings. The Bertz CT molecular complexity index is 920. The van der Waals surface area contributed by atoms with Gasteiger partial charge in [0.2, 0.25) is 0 Å². The first-order chi connectivity index (χ1) is 12.5. The van der Waals surface area contributed by atoms with Gasteiger partial charge in [-0.15, -0.1) is 0 Å². The fourth-order valence-corrected chi connectivity index (χ4v) is 2.81. The molecule has 4 rings (SSSR count). The molecule has 1 aliphatic heterocycles. The Hall–Kier alpha value is -2.75. The number of halogens is 3. The average molecular weight is 364 g/mol. The number of rotatable bonds is 3. The summed E-state index contributed by atoms with van der Waals surface area (Å²) in [7, 11) is 0. The third-order valence-corrected chi connectivity index (χ3v) is 3.96. The molecule has 0 amide bonds. The largest absolute Gasteiger partial charge is 0.408 e. The quantitative estimate of drug-likeness (QED) is 0.710. The highest BCUT2D eigenvalue weighted by Gasteiger charge is 2.28. The van der Waals surface area contributed by atoms with Crippen LogP contribution in [0, 0.1) is 0 Å². The van der Waals surface area contributed by atoms with Gasteiger partial charge in [-0.3, -0.25) is 9.67 Å². The molecular weight excluding hydrogens is 349 g/mol. The monoisotopic (exact) mass is 364 g/mol. The molecule has 4 heterocycles. The molecule has 0 radical (unpaired) electrons. The number of pyridine rings is 1. The highest BCUT2D eigenvalue weighted by atomic mass is 19.4. The fraction of sp³-hybridized carbons (Fsp3) is 0.375. The Kier molecular flexibility index (Phi) is 4.19. The van der Waals surface area contributed by atoms with Crippen LogP contribution in [0.5, 0.6) is 0 Å². The molecule has 0 unspecified atom stereocenters. The topological polar surface area (TPSA) is 69.0 Å². The summed E-state index contributed by atoms with van der Waals surface area (Å²) in [4.78, 5) is 15.4. The van der Waals surface area contributed by atoms with E-state index in [4.69, 9.17) is 4.74 Å². The zero-order valence-electron chi connectivity index (χ0n) is 13.6. The number of fused-ring (bicyclic) bond motifs is 1. The Morgan fingerprint density at radius 1 is 1.12 bits per heavy atom. The third-order valence-electron chi connectivity index (χ3n) is 3.96. The van der Waals surface area contributed by atoms with Crippen molar-refractivity contribution < 1.29 is 17.9 Å². The molecule has 136 valence electrons. The van der Waals surface area contributed by atoms with E-state index in [1.54, 1.807) is 18.3 Å². The molecule has 1 saturated heterocycles. The van der Waals surface area contributed by atoms with Crippen LogP contribution in [0.1, 0.15) is 0 Å². The molecular formula is C16H15F3N6O. The second-order valence-corrected chi connectivity index (χ2v) is 5.86. The summed E-state index contributed by atoms with van der Waals surface area (Å²) in [6, 6.07) is 5.03. The van der Waals surface area contributed by atoms with Crippen molar-refractivity contribution in [1.29, 1.82) is 0 Å². The van der Waals surface area contributed by atoms with Gasteiger partial charge in [0.1, 0.15) is 17.8 Å². The number of alkyl halides is 3. The number of ether oxygens (including phenoxy) is 1. The van der Waals surface area contributed by atoms with Crippen LogP contribution in [0.2, 0.25) is 0 Å². The van der Waals surface area contributed by atoms with Crippen LogP contribution >= 0.6 is 0 Å². The van der Waals surface area contributed by atoms with Gasteiger partial charge in [-0.1, -0.05) is 0 Å². The van der Waals surface area contributed by atoms with Crippen LogP contribution in [-0.2, 0) is 11.3 Å². The van der Waals surface area contributed by atoms with Crippen molar-refractivity contribution in [3.63, 3.8) is 0 Å². The van der Waals surface area contributed by atoms with Gasteiger partial charge in [0.15, 0.2) is 11.6 Å². The van der Waals surface area contributed by atoms with Crippen LogP contribution < -0.4 is 4.90 Å². The van der Waals surface area contributed by atoms with Gasteiger partial charge in [0.05, 0.1) is 18.7 Å². The molecule has 26 heavy (non-hydrogen) atoms. The van der Waals surface area contributed by atoms with Crippen LogP contribution in [0.4, 0.5) is 19.0 Å².